The van der Waals surface area contributed by atoms with Crippen molar-refractivity contribution in [2.75, 3.05) is 33.0 Å². The Labute approximate surface area is 159 Å². The van der Waals surface area contributed by atoms with Gasteiger partial charge in [0.05, 0.1) is 26.4 Å². The lowest BCUT2D eigenvalue weighted by molar-refractivity contribution is -0.102. The van der Waals surface area contributed by atoms with Crippen LogP contribution in [-0.2, 0) is 22.3 Å². The molecule has 146 valence electrons. The van der Waals surface area contributed by atoms with Crippen molar-refractivity contribution in [3.63, 3.8) is 0 Å². The molecule has 2 heterocycles. The number of hydrogen-bond donors (Lipinski definition) is 1. The second-order valence-electron chi connectivity index (χ2n) is 6.56. The quantitative estimate of drug-likeness (QED) is 0.770. The van der Waals surface area contributed by atoms with E-state index in [2.05, 4.69) is 17.1 Å². The number of aromatic amines is 1. The zero-order chi connectivity index (χ0) is 19.1. The summed E-state index contributed by atoms with van der Waals surface area (Å²) in [7, 11) is 0. The Morgan fingerprint density at radius 2 is 1.96 bits per heavy atom. The average Bonchev–Trinajstić information content (AvgIpc) is 2.70. The number of rotatable bonds is 8. The Hall–Kier alpha value is -2.31. The molecule has 0 spiro atoms. The van der Waals surface area contributed by atoms with Gasteiger partial charge in [-0.1, -0.05) is 12.1 Å². The number of nitrogens with one attached hydrogen (secondary N) is 1. The third-order valence-electron chi connectivity index (χ3n) is 4.57. The molecule has 1 fully saturated rings. The Morgan fingerprint density at radius 1 is 1.15 bits per heavy atom. The molecule has 1 aliphatic rings. The Kier molecular flexibility index (Phi) is 6.90. The lowest BCUT2D eigenvalue weighted by Gasteiger charge is -2.23. The van der Waals surface area contributed by atoms with Crippen molar-refractivity contribution in [2.45, 2.75) is 32.8 Å². The molecule has 1 aliphatic heterocycles. The predicted molar refractivity (Wildman–Crippen MR) is 103 cm³/mol. The molecule has 6 heteroatoms. The first-order chi connectivity index (χ1) is 13.2. The number of hydrogen-bond acceptors (Lipinski definition) is 5. The summed E-state index contributed by atoms with van der Waals surface area (Å²) in [4.78, 5) is 15.5. The Morgan fingerprint density at radius 3 is 2.67 bits per heavy atom. The van der Waals surface area contributed by atoms with Gasteiger partial charge in [0.25, 0.3) is 0 Å². The number of benzene rings is 1. The molecule has 0 amide bonds. The highest BCUT2D eigenvalue weighted by Crippen LogP contribution is 2.16. The van der Waals surface area contributed by atoms with Crippen molar-refractivity contribution in [1.82, 2.24) is 4.98 Å². The van der Waals surface area contributed by atoms with Crippen LogP contribution < -0.4 is 14.9 Å². The normalized spacial score (nSPS) is 16.9. The first-order valence-corrected chi connectivity index (χ1v) is 9.42. The number of ether oxygens (including phenoxy) is 4. The maximum Gasteiger partial charge on any atom is 0.194 e. The van der Waals surface area contributed by atoms with Crippen LogP contribution in [0.4, 0.5) is 0 Å². The van der Waals surface area contributed by atoms with Crippen LogP contribution in [0.5, 0.6) is 11.6 Å². The van der Waals surface area contributed by atoms with E-state index in [0.29, 0.717) is 38.9 Å². The van der Waals surface area contributed by atoms with Gasteiger partial charge < -0.3 is 23.9 Å². The second-order valence-corrected chi connectivity index (χ2v) is 6.56. The van der Waals surface area contributed by atoms with Crippen LogP contribution in [0.1, 0.15) is 23.7 Å². The summed E-state index contributed by atoms with van der Waals surface area (Å²) in [5.41, 5.74) is 2.79. The number of H-pyrrole nitrogens is 1. The highest BCUT2D eigenvalue weighted by Gasteiger charge is 2.16. The maximum atomic E-state index is 12.3. The third-order valence-corrected chi connectivity index (χ3v) is 4.57. The number of aromatic nitrogens is 1. The van der Waals surface area contributed by atoms with Gasteiger partial charge in [-0.25, -0.2) is 0 Å². The smallest absolute Gasteiger partial charge is 0.194 e. The molecule has 0 saturated carbocycles. The molecule has 1 saturated heterocycles. The molecular formula is C21H27NO5. The van der Waals surface area contributed by atoms with E-state index in [4.69, 9.17) is 18.9 Å². The van der Waals surface area contributed by atoms with Crippen LogP contribution >= 0.6 is 0 Å². The summed E-state index contributed by atoms with van der Waals surface area (Å²) in [5.74, 6) is 1.34. The fourth-order valence-electron chi connectivity index (χ4n) is 2.99. The van der Waals surface area contributed by atoms with Gasteiger partial charge in [0.15, 0.2) is 11.3 Å². The van der Waals surface area contributed by atoms with Crippen LogP contribution in [-0.4, -0.2) is 44.1 Å². The van der Waals surface area contributed by atoms with Crippen LogP contribution in [0.3, 0.4) is 0 Å². The topological polar surface area (TPSA) is 69.8 Å². The van der Waals surface area contributed by atoms with Gasteiger partial charge in [0, 0.05) is 17.3 Å². The summed E-state index contributed by atoms with van der Waals surface area (Å²) in [6.45, 7) is 6.53. The van der Waals surface area contributed by atoms with E-state index in [9.17, 15) is 4.79 Å². The highest BCUT2D eigenvalue weighted by molar-refractivity contribution is 5.29. The standard InChI is InChI=1S/C21H27NO5/c1-3-25-17-7-4-16(5-8-17)6-9-19-15(2)20(23)12-21(22-19)27-14-18-13-24-10-11-26-18/h4-5,7-8,12,18H,3,6,9-11,13-14H2,1-2H3,(H,22,23)/t18-/m0/s1. The van der Waals surface area contributed by atoms with E-state index in [0.717, 1.165) is 29.8 Å². The Bertz CT molecular complexity index is 778. The molecule has 0 aliphatic carbocycles. The molecular weight excluding hydrogens is 346 g/mol. The summed E-state index contributed by atoms with van der Waals surface area (Å²) >= 11 is 0. The van der Waals surface area contributed by atoms with E-state index in [1.807, 2.05) is 26.0 Å². The molecule has 27 heavy (non-hydrogen) atoms. The summed E-state index contributed by atoms with van der Waals surface area (Å²) in [5, 5.41) is 0. The van der Waals surface area contributed by atoms with Crippen molar-refractivity contribution < 1.29 is 18.9 Å². The van der Waals surface area contributed by atoms with E-state index in [1.165, 1.54) is 11.6 Å². The minimum Gasteiger partial charge on any atom is -0.494 e. The van der Waals surface area contributed by atoms with Crippen molar-refractivity contribution in [3.8, 4) is 11.6 Å². The van der Waals surface area contributed by atoms with Gasteiger partial charge in [-0.05, 0) is 44.4 Å². The molecule has 1 atom stereocenters. The number of pyridine rings is 1. The number of aryl methyl sites for hydroxylation is 2. The minimum absolute atomic E-state index is 0.0220. The molecule has 3 rings (SSSR count). The zero-order valence-electron chi connectivity index (χ0n) is 16.0. The average molecular weight is 373 g/mol. The van der Waals surface area contributed by atoms with Gasteiger partial charge in [0.1, 0.15) is 18.5 Å². The SMILES string of the molecule is CCOc1ccc(CCc2[nH]c(OC[C@@H]3COCCO3)cc(=O)c2C)cc1. The molecule has 1 aromatic heterocycles. The van der Waals surface area contributed by atoms with Crippen molar-refractivity contribution in [2.24, 2.45) is 0 Å². The third kappa shape index (κ3) is 5.58. The van der Waals surface area contributed by atoms with Gasteiger partial charge >= 0.3 is 0 Å². The fourth-order valence-corrected chi connectivity index (χ4v) is 2.99. The fraction of sp³-hybridized carbons (Fsp3) is 0.476. The van der Waals surface area contributed by atoms with Crippen LogP contribution in [0.15, 0.2) is 35.1 Å². The van der Waals surface area contributed by atoms with E-state index >= 15 is 0 Å². The van der Waals surface area contributed by atoms with Crippen LogP contribution in [0.25, 0.3) is 0 Å². The first kappa shape index (κ1) is 19.5. The minimum atomic E-state index is -0.101. The lowest BCUT2D eigenvalue weighted by atomic mass is 10.0. The first-order valence-electron chi connectivity index (χ1n) is 9.42. The molecule has 6 nitrogen and oxygen atoms in total. The summed E-state index contributed by atoms with van der Waals surface area (Å²) in [6, 6.07) is 9.55. The molecule has 1 aromatic carbocycles. The highest BCUT2D eigenvalue weighted by atomic mass is 16.6. The molecule has 2 aromatic rings. The summed E-state index contributed by atoms with van der Waals surface area (Å²) in [6.07, 6.45) is 1.46. The second kappa shape index (κ2) is 9.58. The van der Waals surface area contributed by atoms with Crippen molar-refractivity contribution in [1.29, 1.82) is 0 Å². The van der Waals surface area contributed by atoms with Crippen molar-refractivity contribution >= 4 is 0 Å². The Balaban J connectivity index is 1.61. The maximum absolute atomic E-state index is 12.3. The van der Waals surface area contributed by atoms with Gasteiger partial charge in [-0.15, -0.1) is 0 Å². The monoisotopic (exact) mass is 373 g/mol. The van der Waals surface area contributed by atoms with Gasteiger partial charge in [0.2, 0.25) is 0 Å². The van der Waals surface area contributed by atoms with E-state index in [1.54, 1.807) is 0 Å². The summed E-state index contributed by atoms with van der Waals surface area (Å²) < 4.78 is 22.1. The molecule has 0 radical (unpaired) electrons. The van der Waals surface area contributed by atoms with Crippen LogP contribution in [0, 0.1) is 6.92 Å². The van der Waals surface area contributed by atoms with E-state index in [-0.39, 0.29) is 11.5 Å². The molecule has 1 N–H and O–H groups in total. The van der Waals surface area contributed by atoms with Gasteiger partial charge in [-0.3, -0.25) is 4.79 Å². The molecule has 0 bridgehead atoms. The van der Waals surface area contributed by atoms with Crippen molar-refractivity contribution in [3.05, 3.63) is 57.4 Å². The zero-order valence-corrected chi connectivity index (χ0v) is 16.0. The largest absolute Gasteiger partial charge is 0.494 e. The van der Waals surface area contributed by atoms with Gasteiger partial charge in [-0.2, -0.15) is 0 Å². The van der Waals surface area contributed by atoms with Crippen LogP contribution in [0.2, 0.25) is 0 Å². The van der Waals surface area contributed by atoms with E-state index < -0.39 is 0 Å². The predicted octanol–water partition coefficient (Wildman–Crippen LogP) is 2.66. The molecule has 0 unspecified atom stereocenters. The lowest BCUT2D eigenvalue weighted by Crippen LogP contribution is -2.33.